The van der Waals surface area contributed by atoms with E-state index < -0.39 is 47.2 Å². The van der Waals surface area contributed by atoms with Gasteiger partial charge in [-0.05, 0) is 60.8 Å². The van der Waals surface area contributed by atoms with E-state index in [4.69, 9.17) is 0 Å². The zero-order valence-corrected chi connectivity index (χ0v) is 25.7. The molecule has 4 atom stereocenters. The summed E-state index contributed by atoms with van der Waals surface area (Å²) in [5.74, 6) is -3.01. The molecule has 9 heteroatoms. The van der Waals surface area contributed by atoms with Gasteiger partial charge in [-0.15, -0.1) is 0 Å². The molecule has 0 aromatic heterocycles. The molecule has 0 saturated carbocycles. The van der Waals surface area contributed by atoms with Crippen molar-refractivity contribution in [2.24, 2.45) is 17.8 Å². The molecular weight excluding hydrogens is 572 g/mol. The van der Waals surface area contributed by atoms with E-state index in [1.807, 2.05) is 37.3 Å². The second-order valence-electron chi connectivity index (χ2n) is 12.0. The summed E-state index contributed by atoms with van der Waals surface area (Å²) in [6.45, 7) is 3.71. The molecule has 3 aromatic carbocycles. The van der Waals surface area contributed by atoms with Crippen LogP contribution in [0.3, 0.4) is 0 Å². The van der Waals surface area contributed by atoms with Crippen LogP contribution < -0.4 is 4.90 Å². The first-order valence-electron chi connectivity index (χ1n) is 15.7. The number of hydrogen-bond donors (Lipinski definition) is 3. The van der Waals surface area contributed by atoms with Crippen LogP contribution in [0.2, 0.25) is 0 Å². The molecule has 3 aromatic rings. The summed E-state index contributed by atoms with van der Waals surface area (Å²) in [5.41, 5.74) is 3.59. The van der Waals surface area contributed by atoms with Crippen LogP contribution in [0.4, 0.5) is 11.4 Å². The average Bonchev–Trinajstić information content (AvgIpc) is 3.29. The lowest BCUT2D eigenvalue weighted by atomic mass is 9.67. The number of benzene rings is 3. The summed E-state index contributed by atoms with van der Waals surface area (Å²) in [6, 6.07) is 16.7. The Kier molecular flexibility index (Phi) is 9.80. The van der Waals surface area contributed by atoms with Crippen molar-refractivity contribution in [1.29, 1.82) is 0 Å². The van der Waals surface area contributed by atoms with Gasteiger partial charge in [0.25, 0.3) is 5.69 Å². The van der Waals surface area contributed by atoms with Gasteiger partial charge in [-0.2, -0.15) is 0 Å². The standard InChI is InChI=1S/C36H40N2O7/c1-3-8-22(18-23-15-17-31(40)28-13-6-5-12-27(23)28)14-16-32(41)33-24(9-4-2)19-29-34(30(33)21-39)36(43)37(35(29)42)25-10-7-11-26(20-25)38(44)45/h5-7,10-13,15,17-18,20,29-30,32,34,39-41H,3-4,8-9,14,16,19,21H2,1-2H3/b22-18+/t29-,30+,32-,34-/m1/s1. The highest BCUT2D eigenvalue weighted by molar-refractivity contribution is 6.22. The number of fused-ring (bicyclic) bond motifs is 2. The predicted molar refractivity (Wildman–Crippen MR) is 173 cm³/mol. The Morgan fingerprint density at radius 1 is 1.02 bits per heavy atom. The van der Waals surface area contributed by atoms with Gasteiger partial charge in [0.1, 0.15) is 5.75 Å². The van der Waals surface area contributed by atoms with Crippen LogP contribution in [0, 0.1) is 27.9 Å². The minimum absolute atomic E-state index is 0.139. The number of aromatic hydroxyl groups is 1. The molecule has 1 heterocycles. The van der Waals surface area contributed by atoms with Crippen molar-refractivity contribution in [3.05, 3.63) is 93.1 Å². The fourth-order valence-electron chi connectivity index (χ4n) is 7.22. The Balaban J connectivity index is 1.43. The van der Waals surface area contributed by atoms with Crippen molar-refractivity contribution in [1.82, 2.24) is 0 Å². The number of carbonyl (C=O) groups is 2. The minimum atomic E-state index is -0.920. The number of non-ortho nitro benzene ring substituents is 1. The predicted octanol–water partition coefficient (Wildman–Crippen LogP) is 6.69. The number of nitrogens with zero attached hydrogens (tertiary/aromatic N) is 2. The summed E-state index contributed by atoms with van der Waals surface area (Å²) in [5, 5.41) is 45.8. The average molecular weight is 613 g/mol. The number of amides is 2. The van der Waals surface area contributed by atoms with Crippen LogP contribution in [0.5, 0.6) is 5.75 Å². The molecule has 1 fully saturated rings. The third-order valence-electron chi connectivity index (χ3n) is 9.19. The van der Waals surface area contributed by atoms with Crippen molar-refractivity contribution >= 4 is 40.0 Å². The van der Waals surface area contributed by atoms with E-state index in [2.05, 4.69) is 13.0 Å². The number of rotatable bonds is 12. The van der Waals surface area contributed by atoms with E-state index in [0.717, 1.165) is 51.6 Å². The molecule has 0 unspecified atom stereocenters. The number of carbonyl (C=O) groups excluding carboxylic acids is 2. The number of hydrogen-bond acceptors (Lipinski definition) is 7. The van der Waals surface area contributed by atoms with Gasteiger partial charge in [-0.1, -0.05) is 80.3 Å². The number of aliphatic hydroxyl groups excluding tert-OH is 2. The third kappa shape index (κ3) is 6.28. The second-order valence-corrected chi connectivity index (χ2v) is 12.0. The first-order chi connectivity index (χ1) is 21.7. The number of allylic oxidation sites excluding steroid dienone is 2. The number of phenolic OH excluding ortho intramolecular Hbond substituents is 1. The molecule has 0 spiro atoms. The molecule has 3 N–H and O–H groups in total. The lowest BCUT2D eigenvalue weighted by Crippen LogP contribution is -2.39. The van der Waals surface area contributed by atoms with Crippen LogP contribution in [0.1, 0.15) is 64.4 Å². The van der Waals surface area contributed by atoms with E-state index in [0.29, 0.717) is 31.3 Å². The van der Waals surface area contributed by atoms with E-state index in [1.165, 1.54) is 24.3 Å². The van der Waals surface area contributed by atoms with Crippen molar-refractivity contribution < 1.29 is 29.8 Å². The van der Waals surface area contributed by atoms with Gasteiger partial charge in [0.15, 0.2) is 0 Å². The van der Waals surface area contributed by atoms with Crippen molar-refractivity contribution in [2.75, 3.05) is 11.5 Å². The normalized spacial score (nSPS) is 21.0. The lowest BCUT2D eigenvalue weighted by molar-refractivity contribution is -0.384. The van der Waals surface area contributed by atoms with Crippen molar-refractivity contribution in [3.8, 4) is 5.75 Å². The fraction of sp³-hybridized carbons (Fsp3) is 0.389. The molecule has 0 bridgehead atoms. The first-order valence-corrected chi connectivity index (χ1v) is 15.7. The number of aliphatic hydroxyl groups is 2. The van der Waals surface area contributed by atoms with Gasteiger partial charge in [0, 0.05) is 23.4 Å². The highest BCUT2D eigenvalue weighted by atomic mass is 16.6. The van der Waals surface area contributed by atoms with Crippen LogP contribution in [0.15, 0.2) is 77.4 Å². The third-order valence-corrected chi connectivity index (χ3v) is 9.19. The number of anilines is 1. The quantitative estimate of drug-likeness (QED) is 0.0895. The smallest absolute Gasteiger partial charge is 0.271 e. The fourth-order valence-corrected chi connectivity index (χ4v) is 7.22. The van der Waals surface area contributed by atoms with Crippen LogP contribution in [-0.2, 0) is 9.59 Å². The van der Waals surface area contributed by atoms with Gasteiger partial charge in [-0.3, -0.25) is 19.7 Å². The molecule has 5 rings (SSSR count). The van der Waals surface area contributed by atoms with Crippen LogP contribution >= 0.6 is 0 Å². The summed E-state index contributed by atoms with van der Waals surface area (Å²) >= 11 is 0. The molecular formula is C36H40N2O7. The Morgan fingerprint density at radius 2 is 1.78 bits per heavy atom. The maximum atomic E-state index is 13.8. The van der Waals surface area contributed by atoms with Crippen molar-refractivity contribution in [2.45, 2.75) is 64.9 Å². The Bertz CT molecular complexity index is 1680. The van der Waals surface area contributed by atoms with E-state index >= 15 is 0 Å². The van der Waals surface area contributed by atoms with Gasteiger partial charge >= 0.3 is 0 Å². The summed E-state index contributed by atoms with van der Waals surface area (Å²) < 4.78 is 0. The molecule has 236 valence electrons. The lowest BCUT2D eigenvalue weighted by Gasteiger charge is -2.36. The maximum absolute atomic E-state index is 13.8. The number of nitro groups is 1. The summed E-state index contributed by atoms with van der Waals surface area (Å²) in [7, 11) is 0. The van der Waals surface area contributed by atoms with Gasteiger partial charge in [0.2, 0.25) is 11.8 Å². The van der Waals surface area contributed by atoms with E-state index in [1.54, 1.807) is 6.07 Å². The molecule has 45 heavy (non-hydrogen) atoms. The topological polar surface area (TPSA) is 141 Å². The SMILES string of the molecule is CCCC1=C([C@H](O)CC/C(=C/c2ccc(O)c3ccccc23)CCC)[C@H](CO)[C@@H]2C(=O)N(c3cccc([N+](=O)[O-])c3)C(=O)[C@@H]2C1. The van der Waals surface area contributed by atoms with Gasteiger partial charge < -0.3 is 15.3 Å². The van der Waals surface area contributed by atoms with Gasteiger partial charge in [0.05, 0.1) is 35.2 Å². The number of nitro benzene ring substituents is 1. The molecule has 9 nitrogen and oxygen atoms in total. The molecule has 1 saturated heterocycles. The highest BCUT2D eigenvalue weighted by Crippen LogP contribution is 2.48. The van der Waals surface area contributed by atoms with Crippen LogP contribution in [0.25, 0.3) is 16.8 Å². The molecule has 0 radical (unpaired) electrons. The van der Waals surface area contributed by atoms with Crippen LogP contribution in [-0.4, -0.2) is 44.8 Å². The zero-order valence-electron chi connectivity index (χ0n) is 25.7. The van der Waals surface area contributed by atoms with E-state index in [9.17, 15) is 35.0 Å². The second kappa shape index (κ2) is 13.7. The van der Waals surface area contributed by atoms with Gasteiger partial charge in [-0.25, -0.2) is 4.90 Å². The zero-order chi connectivity index (χ0) is 32.2. The van der Waals surface area contributed by atoms with Crippen molar-refractivity contribution in [3.63, 3.8) is 0 Å². The maximum Gasteiger partial charge on any atom is 0.271 e. The molecule has 2 amide bonds. The Hall–Kier alpha value is -4.34. The summed E-state index contributed by atoms with van der Waals surface area (Å²) in [6.07, 6.45) is 5.60. The number of phenols is 1. The largest absolute Gasteiger partial charge is 0.507 e. The highest BCUT2D eigenvalue weighted by Gasteiger charge is 2.55. The molecule has 1 aliphatic carbocycles. The minimum Gasteiger partial charge on any atom is -0.507 e. The van der Waals surface area contributed by atoms with E-state index in [-0.39, 0.29) is 17.1 Å². The number of imide groups is 1. The summed E-state index contributed by atoms with van der Waals surface area (Å²) in [4.78, 5) is 39.3. The first kappa shape index (κ1) is 32.1. The Morgan fingerprint density at radius 3 is 2.47 bits per heavy atom. The monoisotopic (exact) mass is 612 g/mol. The Labute approximate surface area is 262 Å². The molecule has 1 aliphatic heterocycles. The molecule has 2 aliphatic rings.